The van der Waals surface area contributed by atoms with E-state index in [4.69, 9.17) is 4.74 Å². The molecule has 0 aliphatic heterocycles. The van der Waals surface area contributed by atoms with Crippen LogP contribution in [0.2, 0.25) is 0 Å². The number of aromatic nitrogens is 1. The van der Waals surface area contributed by atoms with Gasteiger partial charge < -0.3 is 4.74 Å². The highest BCUT2D eigenvalue weighted by Crippen LogP contribution is 2.22. The maximum Gasteiger partial charge on any atom is 0.312 e. The van der Waals surface area contributed by atoms with Gasteiger partial charge >= 0.3 is 5.97 Å². The summed E-state index contributed by atoms with van der Waals surface area (Å²) in [6, 6.07) is 8.19. The normalized spacial score (nSPS) is 10.3. The zero-order chi connectivity index (χ0) is 13.0. The summed E-state index contributed by atoms with van der Waals surface area (Å²) in [7, 11) is 0. The molecule has 2 rings (SSSR count). The van der Waals surface area contributed by atoms with Crippen LogP contribution in [0, 0.1) is 6.92 Å². The molecule has 1 heterocycles. The van der Waals surface area contributed by atoms with Crippen LogP contribution >= 0.6 is 11.3 Å². The van der Waals surface area contributed by atoms with Crippen LogP contribution in [0.1, 0.15) is 17.5 Å². The van der Waals surface area contributed by atoms with E-state index >= 15 is 0 Å². The lowest BCUT2D eigenvalue weighted by Crippen LogP contribution is -2.07. The van der Waals surface area contributed by atoms with Crippen molar-refractivity contribution in [1.29, 1.82) is 0 Å². The van der Waals surface area contributed by atoms with E-state index in [1.165, 1.54) is 16.9 Å². The first-order chi connectivity index (χ1) is 8.69. The van der Waals surface area contributed by atoms with E-state index in [-0.39, 0.29) is 12.4 Å². The summed E-state index contributed by atoms with van der Waals surface area (Å²) in [6.45, 7) is 4.27. The summed E-state index contributed by atoms with van der Waals surface area (Å²) >= 11 is 1.49. The van der Waals surface area contributed by atoms with Gasteiger partial charge in [0.1, 0.15) is 5.01 Å². The predicted molar refractivity (Wildman–Crippen MR) is 72.6 cm³/mol. The lowest BCUT2D eigenvalue weighted by Gasteiger charge is -1.98. The Bertz CT molecular complexity index is 531. The first-order valence-electron chi connectivity index (χ1n) is 5.86. The summed E-state index contributed by atoms with van der Waals surface area (Å²) in [5.41, 5.74) is 3.21. The standard InChI is InChI=1S/C14H15NO2S/c1-3-17-14(16)8-13-15-12(9-18-13)11-6-4-10(2)5-7-11/h4-7,9H,3,8H2,1-2H3. The molecule has 1 aromatic carbocycles. The summed E-state index contributed by atoms with van der Waals surface area (Å²) < 4.78 is 4.90. The van der Waals surface area contributed by atoms with E-state index in [2.05, 4.69) is 24.0 Å². The van der Waals surface area contributed by atoms with Gasteiger partial charge in [-0.05, 0) is 13.8 Å². The van der Waals surface area contributed by atoms with Crippen molar-refractivity contribution in [1.82, 2.24) is 4.98 Å². The van der Waals surface area contributed by atoms with E-state index < -0.39 is 0 Å². The number of hydrogen-bond acceptors (Lipinski definition) is 4. The van der Waals surface area contributed by atoms with E-state index in [0.717, 1.165) is 16.3 Å². The minimum Gasteiger partial charge on any atom is -0.466 e. The Kier molecular flexibility index (Phi) is 4.10. The third kappa shape index (κ3) is 3.17. The van der Waals surface area contributed by atoms with Gasteiger partial charge in [0.05, 0.1) is 18.7 Å². The molecular weight excluding hydrogens is 246 g/mol. The maximum absolute atomic E-state index is 11.3. The monoisotopic (exact) mass is 261 g/mol. The minimum atomic E-state index is -0.220. The molecule has 0 bridgehead atoms. The molecule has 2 aromatic rings. The fraction of sp³-hybridized carbons (Fsp3) is 0.286. The molecule has 1 aromatic heterocycles. The molecule has 0 N–H and O–H groups in total. The van der Waals surface area contributed by atoms with Gasteiger partial charge in [-0.1, -0.05) is 29.8 Å². The van der Waals surface area contributed by atoms with E-state index in [1.807, 2.05) is 17.5 Å². The lowest BCUT2D eigenvalue weighted by molar-refractivity contribution is -0.142. The summed E-state index contributed by atoms with van der Waals surface area (Å²) in [5.74, 6) is -0.220. The van der Waals surface area contributed by atoms with Crippen molar-refractivity contribution in [3.05, 3.63) is 40.2 Å². The molecule has 0 radical (unpaired) electrons. The number of hydrogen-bond donors (Lipinski definition) is 0. The van der Waals surface area contributed by atoms with Crippen molar-refractivity contribution < 1.29 is 9.53 Å². The number of thiazole rings is 1. The van der Waals surface area contributed by atoms with Gasteiger partial charge in [-0.15, -0.1) is 11.3 Å². The van der Waals surface area contributed by atoms with Gasteiger partial charge in [-0.3, -0.25) is 4.79 Å². The molecule has 0 saturated heterocycles. The van der Waals surface area contributed by atoms with Gasteiger partial charge in [-0.25, -0.2) is 4.98 Å². The average Bonchev–Trinajstić information content (AvgIpc) is 2.78. The fourth-order valence-corrected chi connectivity index (χ4v) is 2.37. The zero-order valence-electron chi connectivity index (χ0n) is 10.5. The fourth-order valence-electron chi connectivity index (χ4n) is 1.58. The van der Waals surface area contributed by atoms with E-state index in [9.17, 15) is 4.79 Å². The van der Waals surface area contributed by atoms with Crippen molar-refractivity contribution in [2.75, 3.05) is 6.61 Å². The number of carbonyl (C=O) groups excluding carboxylic acids is 1. The second-order valence-corrected chi connectivity index (χ2v) is 4.92. The molecule has 18 heavy (non-hydrogen) atoms. The van der Waals surface area contributed by atoms with Crippen molar-refractivity contribution in [3.8, 4) is 11.3 Å². The molecule has 0 unspecified atom stereocenters. The quantitative estimate of drug-likeness (QED) is 0.793. The highest BCUT2D eigenvalue weighted by atomic mass is 32.1. The molecule has 94 valence electrons. The van der Waals surface area contributed by atoms with Crippen LogP contribution in [0.5, 0.6) is 0 Å². The highest BCUT2D eigenvalue weighted by Gasteiger charge is 2.09. The Labute approximate surface area is 110 Å². The van der Waals surface area contributed by atoms with Crippen molar-refractivity contribution in [2.24, 2.45) is 0 Å². The Hall–Kier alpha value is -1.68. The first-order valence-corrected chi connectivity index (χ1v) is 6.74. The Balaban J connectivity index is 2.10. The largest absolute Gasteiger partial charge is 0.466 e. The molecule has 0 aliphatic carbocycles. The first kappa shape index (κ1) is 12.8. The molecule has 3 nitrogen and oxygen atoms in total. The average molecular weight is 261 g/mol. The van der Waals surface area contributed by atoms with Gasteiger partial charge in [0.2, 0.25) is 0 Å². The lowest BCUT2D eigenvalue weighted by atomic mass is 10.1. The van der Waals surface area contributed by atoms with Gasteiger partial charge in [0.15, 0.2) is 0 Å². The second-order valence-electron chi connectivity index (χ2n) is 3.97. The molecule has 0 fully saturated rings. The molecule has 4 heteroatoms. The SMILES string of the molecule is CCOC(=O)Cc1nc(-c2ccc(C)cc2)cs1. The number of aryl methyl sites for hydroxylation is 1. The Morgan fingerprint density at radius 2 is 2.06 bits per heavy atom. The third-order valence-corrected chi connectivity index (χ3v) is 3.35. The molecule has 0 aliphatic rings. The maximum atomic E-state index is 11.3. The predicted octanol–water partition coefficient (Wildman–Crippen LogP) is 3.22. The molecule has 0 saturated carbocycles. The topological polar surface area (TPSA) is 39.2 Å². The number of carbonyl (C=O) groups is 1. The summed E-state index contributed by atoms with van der Waals surface area (Å²) in [5, 5.41) is 2.77. The van der Waals surface area contributed by atoms with Gasteiger partial charge in [0, 0.05) is 10.9 Å². The minimum absolute atomic E-state index is 0.220. The number of benzene rings is 1. The van der Waals surface area contributed by atoms with E-state index in [1.54, 1.807) is 6.92 Å². The molecule has 0 atom stereocenters. The third-order valence-electron chi connectivity index (χ3n) is 2.50. The van der Waals surface area contributed by atoms with Crippen LogP contribution in [0.3, 0.4) is 0 Å². The van der Waals surface area contributed by atoms with Crippen LogP contribution in [0.4, 0.5) is 0 Å². The van der Waals surface area contributed by atoms with Gasteiger partial charge in [-0.2, -0.15) is 0 Å². The molecule has 0 amide bonds. The number of nitrogens with zero attached hydrogens (tertiary/aromatic N) is 1. The van der Waals surface area contributed by atoms with Crippen molar-refractivity contribution in [3.63, 3.8) is 0 Å². The molecular formula is C14H15NO2S. The Morgan fingerprint density at radius 3 is 2.72 bits per heavy atom. The summed E-state index contributed by atoms with van der Waals surface area (Å²) in [4.78, 5) is 15.8. The number of rotatable bonds is 4. The van der Waals surface area contributed by atoms with Gasteiger partial charge in [0.25, 0.3) is 0 Å². The van der Waals surface area contributed by atoms with E-state index in [0.29, 0.717) is 6.61 Å². The zero-order valence-corrected chi connectivity index (χ0v) is 11.3. The van der Waals surface area contributed by atoms with Crippen molar-refractivity contribution >= 4 is 17.3 Å². The van der Waals surface area contributed by atoms with Crippen LogP contribution in [-0.4, -0.2) is 17.6 Å². The van der Waals surface area contributed by atoms with Crippen LogP contribution in [0.25, 0.3) is 11.3 Å². The summed E-state index contributed by atoms with van der Waals surface area (Å²) in [6.07, 6.45) is 0.254. The van der Waals surface area contributed by atoms with Crippen molar-refractivity contribution in [2.45, 2.75) is 20.3 Å². The second kappa shape index (κ2) is 5.78. The highest BCUT2D eigenvalue weighted by molar-refractivity contribution is 7.10. The Morgan fingerprint density at radius 1 is 1.33 bits per heavy atom. The van der Waals surface area contributed by atoms with Crippen LogP contribution < -0.4 is 0 Å². The number of ether oxygens (including phenoxy) is 1. The smallest absolute Gasteiger partial charge is 0.312 e. The van der Waals surface area contributed by atoms with Crippen LogP contribution in [-0.2, 0) is 16.0 Å². The van der Waals surface area contributed by atoms with Crippen LogP contribution in [0.15, 0.2) is 29.6 Å². The number of esters is 1. The molecule has 0 spiro atoms.